The number of nitrogens with zero attached hydrogens (tertiary/aromatic N) is 2. The minimum Gasteiger partial charge on any atom is -0.378 e. The molecule has 0 radical (unpaired) electrons. The SMILES string of the molecule is O=C(Nc1ccncc1)NC1(C(=O)N2CCOCC2)CCCCC1. The molecule has 1 saturated heterocycles. The Morgan fingerprint density at radius 2 is 1.75 bits per heavy atom. The molecule has 130 valence electrons. The van der Waals surface area contributed by atoms with E-state index in [0.717, 1.165) is 19.3 Å². The Bertz CT molecular complexity index is 566. The maximum Gasteiger partial charge on any atom is 0.320 e. The van der Waals surface area contributed by atoms with Crippen LogP contribution in [-0.4, -0.2) is 53.7 Å². The topological polar surface area (TPSA) is 83.6 Å². The number of ether oxygens (including phenoxy) is 1. The zero-order chi connectivity index (χ0) is 16.8. The summed E-state index contributed by atoms with van der Waals surface area (Å²) in [5.41, 5.74) is -0.139. The fourth-order valence-electron chi connectivity index (χ4n) is 3.43. The minimum atomic E-state index is -0.799. The summed E-state index contributed by atoms with van der Waals surface area (Å²) in [4.78, 5) is 31.3. The molecule has 7 heteroatoms. The van der Waals surface area contributed by atoms with Gasteiger partial charge in [-0.3, -0.25) is 9.78 Å². The number of hydrogen-bond acceptors (Lipinski definition) is 4. The molecule has 7 nitrogen and oxygen atoms in total. The lowest BCUT2D eigenvalue weighted by Crippen LogP contribution is -2.62. The van der Waals surface area contributed by atoms with Gasteiger partial charge < -0.3 is 20.3 Å². The van der Waals surface area contributed by atoms with Gasteiger partial charge >= 0.3 is 6.03 Å². The van der Waals surface area contributed by atoms with Crippen LogP contribution in [0.15, 0.2) is 24.5 Å². The number of pyridine rings is 1. The van der Waals surface area contributed by atoms with E-state index in [1.807, 2.05) is 4.90 Å². The molecule has 0 bridgehead atoms. The van der Waals surface area contributed by atoms with E-state index < -0.39 is 5.54 Å². The number of hydrogen-bond donors (Lipinski definition) is 2. The second kappa shape index (κ2) is 7.61. The number of nitrogens with one attached hydrogen (secondary N) is 2. The average Bonchev–Trinajstić information content (AvgIpc) is 2.63. The zero-order valence-electron chi connectivity index (χ0n) is 13.8. The average molecular weight is 332 g/mol. The molecule has 0 spiro atoms. The standard InChI is InChI=1S/C17H24N4O3/c22-15(21-10-12-24-13-11-21)17(6-2-1-3-7-17)20-16(23)19-14-4-8-18-9-5-14/h4-5,8-9H,1-3,6-7,10-13H2,(H2,18,19,20,23). The maximum atomic E-state index is 13.1. The first-order chi connectivity index (χ1) is 11.7. The van der Waals surface area contributed by atoms with Gasteiger partial charge in [0.2, 0.25) is 5.91 Å². The summed E-state index contributed by atoms with van der Waals surface area (Å²) in [6.07, 6.45) is 7.61. The Kier molecular flexibility index (Phi) is 5.30. The van der Waals surface area contributed by atoms with Crippen molar-refractivity contribution in [1.29, 1.82) is 0 Å². The summed E-state index contributed by atoms with van der Waals surface area (Å²) in [6, 6.07) is 3.10. The zero-order valence-corrected chi connectivity index (χ0v) is 13.8. The highest BCUT2D eigenvalue weighted by atomic mass is 16.5. The summed E-state index contributed by atoms with van der Waals surface area (Å²) in [5.74, 6) is 0.0235. The molecule has 2 N–H and O–H groups in total. The van der Waals surface area contributed by atoms with Crippen molar-refractivity contribution in [2.75, 3.05) is 31.6 Å². The molecule has 0 aromatic carbocycles. The molecule has 0 unspecified atom stereocenters. The molecular formula is C17H24N4O3. The molecule has 1 saturated carbocycles. The third-order valence-electron chi connectivity index (χ3n) is 4.71. The van der Waals surface area contributed by atoms with Crippen molar-refractivity contribution < 1.29 is 14.3 Å². The smallest absolute Gasteiger partial charge is 0.320 e. The number of rotatable bonds is 3. The van der Waals surface area contributed by atoms with Gasteiger partial charge in [0.25, 0.3) is 0 Å². The van der Waals surface area contributed by atoms with E-state index in [0.29, 0.717) is 44.8 Å². The van der Waals surface area contributed by atoms with Crippen molar-refractivity contribution in [3.63, 3.8) is 0 Å². The Morgan fingerprint density at radius 3 is 2.42 bits per heavy atom. The van der Waals surface area contributed by atoms with E-state index >= 15 is 0 Å². The third kappa shape index (κ3) is 3.84. The van der Waals surface area contributed by atoms with Crippen LogP contribution in [0.2, 0.25) is 0 Å². The van der Waals surface area contributed by atoms with E-state index in [2.05, 4.69) is 15.6 Å². The fraction of sp³-hybridized carbons (Fsp3) is 0.588. The van der Waals surface area contributed by atoms with Crippen LogP contribution in [0.1, 0.15) is 32.1 Å². The molecule has 2 aliphatic rings. The van der Waals surface area contributed by atoms with Crippen molar-refractivity contribution in [1.82, 2.24) is 15.2 Å². The predicted molar refractivity (Wildman–Crippen MR) is 89.6 cm³/mol. The van der Waals surface area contributed by atoms with E-state index in [1.54, 1.807) is 24.5 Å². The van der Waals surface area contributed by atoms with Gasteiger partial charge in [-0.05, 0) is 25.0 Å². The number of amides is 3. The molecule has 2 heterocycles. The van der Waals surface area contributed by atoms with Crippen LogP contribution in [-0.2, 0) is 9.53 Å². The van der Waals surface area contributed by atoms with Crippen LogP contribution >= 0.6 is 0 Å². The van der Waals surface area contributed by atoms with E-state index in [9.17, 15) is 9.59 Å². The first kappa shape index (κ1) is 16.7. The Labute approximate surface area is 141 Å². The largest absolute Gasteiger partial charge is 0.378 e. The van der Waals surface area contributed by atoms with Gasteiger partial charge in [-0.1, -0.05) is 19.3 Å². The van der Waals surface area contributed by atoms with Crippen molar-refractivity contribution >= 4 is 17.6 Å². The number of aromatic nitrogens is 1. The molecule has 3 rings (SSSR count). The summed E-state index contributed by atoms with van der Waals surface area (Å²) >= 11 is 0. The second-order valence-corrected chi connectivity index (χ2v) is 6.36. The Balaban J connectivity index is 1.70. The fourth-order valence-corrected chi connectivity index (χ4v) is 3.43. The number of morpholine rings is 1. The van der Waals surface area contributed by atoms with Crippen LogP contribution in [0.5, 0.6) is 0 Å². The lowest BCUT2D eigenvalue weighted by Gasteiger charge is -2.41. The molecular weight excluding hydrogens is 308 g/mol. The molecule has 1 aromatic rings. The molecule has 3 amide bonds. The van der Waals surface area contributed by atoms with E-state index in [-0.39, 0.29) is 11.9 Å². The number of anilines is 1. The van der Waals surface area contributed by atoms with Crippen molar-refractivity contribution in [2.24, 2.45) is 0 Å². The quantitative estimate of drug-likeness (QED) is 0.883. The summed E-state index contributed by atoms with van der Waals surface area (Å²) in [6.45, 7) is 2.30. The molecule has 1 aliphatic carbocycles. The number of carbonyl (C=O) groups excluding carboxylic acids is 2. The van der Waals surface area contributed by atoms with Gasteiger partial charge in [-0.2, -0.15) is 0 Å². The highest BCUT2D eigenvalue weighted by molar-refractivity contribution is 5.96. The van der Waals surface area contributed by atoms with Crippen LogP contribution in [0, 0.1) is 0 Å². The monoisotopic (exact) mass is 332 g/mol. The summed E-state index contributed by atoms with van der Waals surface area (Å²) in [7, 11) is 0. The number of carbonyl (C=O) groups is 2. The Hall–Kier alpha value is -2.15. The first-order valence-corrected chi connectivity index (χ1v) is 8.56. The van der Waals surface area contributed by atoms with E-state index in [1.165, 1.54) is 0 Å². The van der Waals surface area contributed by atoms with Crippen molar-refractivity contribution in [2.45, 2.75) is 37.6 Å². The Morgan fingerprint density at radius 1 is 1.08 bits per heavy atom. The van der Waals surface area contributed by atoms with Crippen LogP contribution < -0.4 is 10.6 Å². The van der Waals surface area contributed by atoms with Crippen LogP contribution in [0.4, 0.5) is 10.5 Å². The van der Waals surface area contributed by atoms with Gasteiger partial charge in [-0.25, -0.2) is 4.79 Å². The van der Waals surface area contributed by atoms with Gasteiger partial charge in [0.1, 0.15) is 5.54 Å². The molecule has 0 atom stereocenters. The molecule has 1 aliphatic heterocycles. The lowest BCUT2D eigenvalue weighted by molar-refractivity contribution is -0.143. The molecule has 24 heavy (non-hydrogen) atoms. The number of urea groups is 1. The van der Waals surface area contributed by atoms with Crippen molar-refractivity contribution in [3.05, 3.63) is 24.5 Å². The van der Waals surface area contributed by atoms with Crippen LogP contribution in [0.3, 0.4) is 0 Å². The normalized spacial score (nSPS) is 20.2. The third-order valence-corrected chi connectivity index (χ3v) is 4.71. The lowest BCUT2D eigenvalue weighted by atomic mass is 9.80. The maximum absolute atomic E-state index is 13.1. The summed E-state index contributed by atoms with van der Waals surface area (Å²) < 4.78 is 5.33. The summed E-state index contributed by atoms with van der Waals surface area (Å²) in [5, 5.41) is 5.76. The van der Waals surface area contributed by atoms with Crippen LogP contribution in [0.25, 0.3) is 0 Å². The second-order valence-electron chi connectivity index (χ2n) is 6.36. The van der Waals surface area contributed by atoms with Gasteiger partial charge in [0.15, 0.2) is 0 Å². The van der Waals surface area contributed by atoms with E-state index in [4.69, 9.17) is 4.74 Å². The minimum absolute atomic E-state index is 0.0235. The van der Waals surface area contributed by atoms with Crippen molar-refractivity contribution in [3.8, 4) is 0 Å². The predicted octanol–water partition coefficient (Wildman–Crippen LogP) is 1.76. The van der Waals surface area contributed by atoms with Gasteiger partial charge in [0.05, 0.1) is 13.2 Å². The van der Waals surface area contributed by atoms with Gasteiger partial charge in [0, 0.05) is 31.2 Å². The highest BCUT2D eigenvalue weighted by Gasteiger charge is 2.43. The van der Waals surface area contributed by atoms with Gasteiger partial charge in [-0.15, -0.1) is 0 Å². The molecule has 2 fully saturated rings. The highest BCUT2D eigenvalue weighted by Crippen LogP contribution is 2.30. The first-order valence-electron chi connectivity index (χ1n) is 8.56. The molecule has 1 aromatic heterocycles.